The van der Waals surface area contributed by atoms with Gasteiger partial charge in [0.15, 0.2) is 19.9 Å². The molecule has 0 amide bonds. The number of allylic oxidation sites excluding steroid dienone is 5. The van der Waals surface area contributed by atoms with Crippen LogP contribution >= 0.6 is 0 Å². The molecule has 4 nitrogen and oxygen atoms in total. The Morgan fingerprint density at radius 3 is 1.67 bits per heavy atom. The van der Waals surface area contributed by atoms with E-state index in [0.29, 0.717) is 19.3 Å². The molecule has 2 aromatic carbocycles. The molecule has 0 N–H and O–H groups in total. The smallest absolute Gasteiger partial charge is 0.261 e. The van der Waals surface area contributed by atoms with E-state index in [2.05, 4.69) is 141 Å². The van der Waals surface area contributed by atoms with Crippen molar-refractivity contribution in [2.24, 2.45) is 0 Å². The fourth-order valence-corrected chi connectivity index (χ4v) is 11.9. The molecule has 0 bridgehead atoms. The number of hydrogen-bond acceptors (Lipinski definition) is 4. The lowest BCUT2D eigenvalue weighted by Gasteiger charge is -2.44. The zero-order valence-corrected chi connectivity index (χ0v) is 33.7. The van der Waals surface area contributed by atoms with E-state index in [9.17, 15) is 9.59 Å². The molecule has 0 spiro atoms. The van der Waals surface area contributed by atoms with Crippen molar-refractivity contribution in [2.45, 2.75) is 142 Å². The molecule has 6 heteroatoms. The molecule has 0 fully saturated rings. The van der Waals surface area contributed by atoms with Crippen LogP contribution in [0.5, 0.6) is 0 Å². The van der Waals surface area contributed by atoms with E-state index < -0.39 is 16.6 Å². The number of unbranched alkanes of at least 4 members (excludes halogenated alkanes) is 1. The minimum atomic E-state index is -2.64. The predicted molar refractivity (Wildman–Crippen MR) is 210 cm³/mol. The van der Waals surface area contributed by atoms with Crippen LogP contribution in [-0.2, 0) is 18.4 Å². The minimum Gasteiger partial charge on any atom is -0.414 e. The molecule has 264 valence electrons. The summed E-state index contributed by atoms with van der Waals surface area (Å²) in [5, 5.41) is 2.65. The highest BCUT2D eigenvalue weighted by atomic mass is 28.4. The normalized spacial score (nSPS) is 14.6. The largest absolute Gasteiger partial charge is 0.414 e. The number of benzene rings is 2. The highest BCUT2D eigenvalue weighted by molar-refractivity contribution is 6.99. The molecule has 0 aliphatic heterocycles. The first-order valence-electron chi connectivity index (χ1n) is 18.1. The Morgan fingerprint density at radius 1 is 0.708 bits per heavy atom. The van der Waals surface area contributed by atoms with Gasteiger partial charge in [-0.3, -0.25) is 9.59 Å². The third kappa shape index (κ3) is 13.0. The summed E-state index contributed by atoms with van der Waals surface area (Å²) >= 11 is 0. The van der Waals surface area contributed by atoms with Crippen LogP contribution in [0.3, 0.4) is 0 Å². The van der Waals surface area contributed by atoms with E-state index in [1.807, 2.05) is 12.2 Å². The molecular formula is C42H64O4Si2. The Labute approximate surface area is 295 Å². The number of rotatable bonds is 20. The number of carbonyl (C=O) groups excluding carboxylic acids is 2. The molecule has 0 aliphatic carbocycles. The highest BCUT2D eigenvalue weighted by Gasteiger charge is 2.51. The standard InChI is InChI=1S/C42H64O4Si2/c1-11-38(46-48(42(6,7)8,39-31-18-14-19-32-39)40-33-20-15-21-34-40)30-23-22-28-36(43)26-16-12-13-17-27-37(44)29-24-25-35(2)45-47(9,10)41(3,4)5/h14-21,23,26-27,30-35,38H,11-13,22,24-25,28-29H2,1-10H3/b26-16+,27-17+,30-23-/t35-,38+/m1/s1. The fourth-order valence-electron chi connectivity index (χ4n) is 5.74. The zero-order chi connectivity index (χ0) is 35.8. The zero-order valence-electron chi connectivity index (χ0n) is 31.7. The van der Waals surface area contributed by atoms with E-state index in [1.165, 1.54) is 10.4 Å². The SMILES string of the molecule is CC[C@@H](/C=C\CCC(=O)/C=C/CC/C=C/C(=O)CCC[C@@H](C)O[Si](C)(C)C(C)(C)C)O[Si](c1ccccc1)(c1ccccc1)C(C)(C)C. The summed E-state index contributed by atoms with van der Waals surface area (Å²) in [6.07, 6.45) is 17.4. The van der Waals surface area contributed by atoms with Crippen LogP contribution in [0.4, 0.5) is 0 Å². The molecule has 0 saturated carbocycles. The number of ketones is 2. The van der Waals surface area contributed by atoms with E-state index in [0.717, 1.165) is 32.1 Å². The fraction of sp³-hybridized carbons (Fsp3) is 0.524. The van der Waals surface area contributed by atoms with Gasteiger partial charge < -0.3 is 8.85 Å². The second kappa shape index (κ2) is 19.5. The van der Waals surface area contributed by atoms with Crippen LogP contribution in [-0.4, -0.2) is 40.4 Å². The van der Waals surface area contributed by atoms with E-state index >= 15 is 0 Å². The maximum Gasteiger partial charge on any atom is 0.261 e. The van der Waals surface area contributed by atoms with E-state index in [1.54, 1.807) is 12.2 Å². The first kappa shape index (κ1) is 41.5. The molecule has 0 unspecified atom stereocenters. The molecule has 2 rings (SSSR count). The summed E-state index contributed by atoms with van der Waals surface area (Å²) < 4.78 is 13.6. The van der Waals surface area contributed by atoms with Crippen molar-refractivity contribution in [3.8, 4) is 0 Å². The van der Waals surface area contributed by atoms with Crippen molar-refractivity contribution in [3.63, 3.8) is 0 Å². The van der Waals surface area contributed by atoms with Gasteiger partial charge in [0.05, 0.1) is 6.10 Å². The lowest BCUT2D eigenvalue weighted by molar-refractivity contribution is -0.115. The van der Waals surface area contributed by atoms with Gasteiger partial charge in [0.25, 0.3) is 8.32 Å². The topological polar surface area (TPSA) is 52.6 Å². The molecule has 0 heterocycles. The summed E-state index contributed by atoms with van der Waals surface area (Å²) in [6.45, 7) is 22.5. The second-order valence-corrected chi connectivity index (χ2v) is 24.6. The van der Waals surface area contributed by atoms with Gasteiger partial charge in [0.2, 0.25) is 0 Å². The lowest BCUT2D eigenvalue weighted by atomic mass is 10.1. The van der Waals surface area contributed by atoms with Gasteiger partial charge in [-0.25, -0.2) is 0 Å². The summed E-state index contributed by atoms with van der Waals surface area (Å²) in [6, 6.07) is 21.4. The van der Waals surface area contributed by atoms with E-state index in [-0.39, 0.29) is 33.9 Å². The van der Waals surface area contributed by atoms with Crippen molar-refractivity contribution >= 4 is 38.6 Å². The minimum absolute atomic E-state index is 0.0459. The number of carbonyl (C=O) groups is 2. The third-order valence-corrected chi connectivity index (χ3v) is 19.2. The molecule has 0 aromatic heterocycles. The van der Waals surface area contributed by atoms with Crippen molar-refractivity contribution in [1.82, 2.24) is 0 Å². The molecule has 2 atom stereocenters. The average Bonchev–Trinajstić information content (AvgIpc) is 3.02. The predicted octanol–water partition coefficient (Wildman–Crippen LogP) is 10.3. The van der Waals surface area contributed by atoms with Gasteiger partial charge in [0, 0.05) is 18.9 Å². The van der Waals surface area contributed by atoms with Crippen LogP contribution in [0.25, 0.3) is 0 Å². The van der Waals surface area contributed by atoms with Gasteiger partial charge in [-0.2, -0.15) is 0 Å². The summed E-state index contributed by atoms with van der Waals surface area (Å²) in [5.74, 6) is 0.278. The summed E-state index contributed by atoms with van der Waals surface area (Å²) in [4.78, 5) is 24.8. The van der Waals surface area contributed by atoms with Gasteiger partial charge in [-0.05, 0) is 91.1 Å². The van der Waals surface area contributed by atoms with E-state index in [4.69, 9.17) is 8.85 Å². The summed E-state index contributed by atoms with van der Waals surface area (Å²) in [5.41, 5.74) is 0. The maximum atomic E-state index is 12.5. The molecule has 48 heavy (non-hydrogen) atoms. The first-order valence-corrected chi connectivity index (χ1v) is 22.9. The highest BCUT2D eigenvalue weighted by Crippen LogP contribution is 2.39. The maximum absolute atomic E-state index is 12.5. The first-order chi connectivity index (χ1) is 22.5. The Hall–Kier alpha value is -2.65. The summed E-state index contributed by atoms with van der Waals surface area (Å²) in [7, 11) is -4.41. The van der Waals surface area contributed by atoms with Crippen LogP contribution < -0.4 is 10.4 Å². The molecule has 0 saturated heterocycles. The quantitative estimate of drug-likeness (QED) is 0.0601. The molecule has 2 aromatic rings. The van der Waals surface area contributed by atoms with Gasteiger partial charge >= 0.3 is 0 Å². The monoisotopic (exact) mass is 688 g/mol. The van der Waals surface area contributed by atoms with Crippen LogP contribution in [0.15, 0.2) is 97.1 Å². The van der Waals surface area contributed by atoms with Crippen molar-refractivity contribution in [2.75, 3.05) is 0 Å². The molecule has 0 radical (unpaired) electrons. The van der Waals surface area contributed by atoms with Crippen LogP contribution in [0, 0.1) is 0 Å². The van der Waals surface area contributed by atoms with Gasteiger partial charge in [0.1, 0.15) is 0 Å². The Kier molecular flexibility index (Phi) is 16.9. The van der Waals surface area contributed by atoms with Crippen molar-refractivity contribution < 1.29 is 18.4 Å². The second-order valence-electron chi connectivity index (χ2n) is 15.6. The van der Waals surface area contributed by atoms with Crippen molar-refractivity contribution in [3.05, 3.63) is 97.1 Å². The average molecular weight is 689 g/mol. The lowest BCUT2D eigenvalue weighted by Crippen LogP contribution is -2.67. The third-order valence-electron chi connectivity index (χ3n) is 9.50. The van der Waals surface area contributed by atoms with Gasteiger partial charge in [-0.15, -0.1) is 0 Å². The van der Waals surface area contributed by atoms with Gasteiger partial charge in [-0.1, -0.05) is 133 Å². The number of hydrogen-bond donors (Lipinski definition) is 0. The molecule has 0 aliphatic rings. The van der Waals surface area contributed by atoms with Crippen LogP contribution in [0.1, 0.15) is 107 Å². The Bertz CT molecular complexity index is 1290. The Balaban J connectivity index is 1.82. The van der Waals surface area contributed by atoms with Crippen LogP contribution in [0.2, 0.25) is 23.2 Å². The molecular weight excluding hydrogens is 625 g/mol. The Morgan fingerprint density at radius 2 is 1.21 bits per heavy atom. The van der Waals surface area contributed by atoms with Crippen molar-refractivity contribution in [1.29, 1.82) is 0 Å².